The Hall–Kier alpha value is 0.496. The predicted octanol–water partition coefficient (Wildman–Crippen LogP) is 2.47. The van der Waals surface area contributed by atoms with Gasteiger partial charge in [0.15, 0.2) is 16.3 Å². The molecule has 0 aliphatic rings. The average molecular weight is 558 g/mol. The molecule has 0 fully saturated rings. The summed E-state index contributed by atoms with van der Waals surface area (Å²) >= 11 is 0. The summed E-state index contributed by atoms with van der Waals surface area (Å²) in [7, 11) is -8.02. The number of unbranched alkanes of at least 4 members (excludes halogenated alkanes) is 1. The molecule has 32 heavy (non-hydrogen) atoms. The molecular formula is C12H10F15KO3S. The fourth-order valence-corrected chi connectivity index (χ4v) is 2.34. The molecule has 0 spiro atoms. The van der Waals surface area contributed by atoms with E-state index in [1.165, 1.54) is 0 Å². The first-order valence-corrected chi connectivity index (χ1v) is 8.88. The van der Waals surface area contributed by atoms with Gasteiger partial charge in [-0.25, -0.2) is 12.8 Å². The molecule has 1 atom stereocenters. The molecule has 20 heteroatoms. The zero-order chi connectivity index (χ0) is 25.7. The van der Waals surface area contributed by atoms with Crippen LogP contribution in [0, 0.1) is 0 Å². The van der Waals surface area contributed by atoms with Crippen molar-refractivity contribution >= 4 is 10.1 Å². The van der Waals surface area contributed by atoms with E-state index < -0.39 is 69.9 Å². The van der Waals surface area contributed by atoms with Crippen molar-refractivity contribution in [3.8, 4) is 0 Å². The predicted molar refractivity (Wildman–Crippen MR) is 68.7 cm³/mol. The maximum atomic E-state index is 13.4. The smallest absolute Gasteiger partial charge is 0.743 e. The Morgan fingerprint density at radius 2 is 1.00 bits per heavy atom. The molecule has 0 saturated carbocycles. The summed E-state index contributed by atoms with van der Waals surface area (Å²) in [5.41, 5.74) is 0. The maximum absolute atomic E-state index is 13.4. The van der Waals surface area contributed by atoms with Crippen molar-refractivity contribution in [1.29, 1.82) is 0 Å². The Morgan fingerprint density at radius 3 is 1.31 bits per heavy atom. The first-order chi connectivity index (χ1) is 13.2. The summed E-state index contributed by atoms with van der Waals surface area (Å²) in [4.78, 5) is 0. The van der Waals surface area contributed by atoms with Crippen molar-refractivity contribution in [2.75, 3.05) is 0 Å². The molecule has 0 N–H and O–H groups in total. The molecular weight excluding hydrogens is 548 g/mol. The number of halogens is 15. The van der Waals surface area contributed by atoms with Crippen LogP contribution in [0.15, 0.2) is 0 Å². The normalized spacial score (nSPS) is 16.5. The van der Waals surface area contributed by atoms with Gasteiger partial charge in [0.25, 0.3) is 0 Å². The van der Waals surface area contributed by atoms with E-state index in [-0.39, 0.29) is 57.8 Å². The summed E-state index contributed by atoms with van der Waals surface area (Å²) in [6, 6.07) is 0. The van der Waals surface area contributed by atoms with Crippen molar-refractivity contribution in [1.82, 2.24) is 0 Å². The molecule has 0 aromatic carbocycles. The van der Waals surface area contributed by atoms with Gasteiger partial charge in [0.05, 0.1) is 0 Å². The molecule has 0 aliphatic carbocycles. The minimum atomic E-state index is -8.57. The van der Waals surface area contributed by atoms with Crippen LogP contribution in [0.2, 0.25) is 0 Å². The number of hydrogen-bond acceptors (Lipinski definition) is 3. The third-order valence-electron chi connectivity index (χ3n) is 3.88. The third-order valence-corrected chi connectivity index (χ3v) is 4.76. The summed E-state index contributed by atoms with van der Waals surface area (Å²) in [6.45, 7) is 1.12. The first kappa shape index (κ1) is 34.7. The van der Waals surface area contributed by atoms with Crippen LogP contribution in [-0.2, 0) is 10.1 Å². The van der Waals surface area contributed by atoms with Gasteiger partial charge in [-0.1, -0.05) is 19.8 Å². The Bertz CT molecular complexity index is 753. The van der Waals surface area contributed by atoms with Crippen molar-refractivity contribution in [2.45, 2.75) is 73.1 Å². The van der Waals surface area contributed by atoms with Crippen LogP contribution in [0.25, 0.3) is 0 Å². The molecule has 0 amide bonds. The number of hydrogen-bond donors (Lipinski definition) is 0. The van der Waals surface area contributed by atoms with Crippen LogP contribution in [0.1, 0.15) is 26.2 Å². The molecule has 188 valence electrons. The van der Waals surface area contributed by atoms with Gasteiger partial charge in [0.1, 0.15) is 0 Å². The maximum Gasteiger partial charge on any atom is 1.00 e. The van der Waals surface area contributed by atoms with E-state index in [1.54, 1.807) is 0 Å². The monoisotopic (exact) mass is 558 g/mol. The summed E-state index contributed by atoms with van der Waals surface area (Å²) in [6.07, 6.45) is -7.14. The second-order valence-corrected chi connectivity index (χ2v) is 7.50. The van der Waals surface area contributed by atoms with Gasteiger partial charge in [-0.15, -0.1) is 0 Å². The van der Waals surface area contributed by atoms with Gasteiger partial charge in [0, 0.05) is 0 Å². The fraction of sp³-hybridized carbons (Fsp3) is 1.00. The van der Waals surface area contributed by atoms with Gasteiger partial charge in [-0.05, 0) is 6.42 Å². The fourth-order valence-electron chi connectivity index (χ4n) is 1.90. The second-order valence-electron chi connectivity index (χ2n) is 6.08. The van der Waals surface area contributed by atoms with Crippen LogP contribution < -0.4 is 51.4 Å². The SMILES string of the molecule is CCCCC(F)C(F)(F)C(F)(F)C(F)(F)C(F)(F)C(F)(F)C(F)(F)C(F)(F)S(=O)(=O)[O-].[K+]. The van der Waals surface area contributed by atoms with E-state index in [0.29, 0.717) is 0 Å². The zero-order valence-corrected chi connectivity index (χ0v) is 19.4. The molecule has 0 aromatic rings. The van der Waals surface area contributed by atoms with Gasteiger partial charge in [-0.3, -0.25) is 0 Å². The minimum absolute atomic E-state index is 0. The molecule has 0 aromatic heterocycles. The molecule has 1 unspecified atom stereocenters. The third kappa shape index (κ3) is 4.91. The van der Waals surface area contributed by atoms with Crippen molar-refractivity contribution in [3.05, 3.63) is 0 Å². The standard InChI is InChI=1S/C12H11F15O3S.K/c1-2-3-4-5(13)6(14,15)7(16,17)8(18,19)9(20,21)10(22,23)11(24,25)12(26,27)31(28,29)30;/h5H,2-4H2,1H3,(H,28,29,30);/q;+1/p-1. The average Bonchev–Trinajstić information content (AvgIpc) is 2.57. The number of rotatable bonds is 11. The molecule has 0 rings (SSSR count). The number of alkyl halides is 15. The summed E-state index contributed by atoms with van der Waals surface area (Å²) in [5.74, 6) is -48.7. The van der Waals surface area contributed by atoms with Crippen molar-refractivity contribution in [3.63, 3.8) is 0 Å². The van der Waals surface area contributed by atoms with Crippen molar-refractivity contribution in [2.24, 2.45) is 0 Å². The van der Waals surface area contributed by atoms with E-state index in [4.69, 9.17) is 0 Å². The molecule has 0 bridgehead atoms. The second kappa shape index (κ2) is 9.86. The van der Waals surface area contributed by atoms with E-state index in [2.05, 4.69) is 0 Å². The van der Waals surface area contributed by atoms with Gasteiger partial charge < -0.3 is 4.55 Å². The Kier molecular flexibility index (Phi) is 10.7. The van der Waals surface area contributed by atoms with Crippen LogP contribution in [-0.4, -0.2) is 59.9 Å². The quantitative estimate of drug-likeness (QED) is 0.223. The van der Waals surface area contributed by atoms with E-state index in [0.717, 1.165) is 6.92 Å². The Balaban J connectivity index is 0. The van der Waals surface area contributed by atoms with Gasteiger partial charge >= 0.3 is 92.2 Å². The Morgan fingerprint density at radius 1 is 0.688 bits per heavy atom. The molecule has 0 heterocycles. The topological polar surface area (TPSA) is 57.2 Å². The zero-order valence-electron chi connectivity index (χ0n) is 15.5. The van der Waals surface area contributed by atoms with Gasteiger partial charge in [-0.2, -0.15) is 61.5 Å². The van der Waals surface area contributed by atoms with E-state index >= 15 is 0 Å². The molecule has 3 nitrogen and oxygen atoms in total. The van der Waals surface area contributed by atoms with Gasteiger partial charge in [0.2, 0.25) is 0 Å². The van der Waals surface area contributed by atoms with Crippen LogP contribution in [0.4, 0.5) is 65.9 Å². The van der Waals surface area contributed by atoms with Crippen molar-refractivity contribution < 1.29 is 130 Å². The van der Waals surface area contributed by atoms with Crippen LogP contribution in [0.5, 0.6) is 0 Å². The summed E-state index contributed by atoms with van der Waals surface area (Å²) in [5, 5.41) is -7.80. The molecule has 0 radical (unpaired) electrons. The van der Waals surface area contributed by atoms with Crippen LogP contribution >= 0.6 is 0 Å². The summed E-state index contributed by atoms with van der Waals surface area (Å²) < 4.78 is 229. The minimum Gasteiger partial charge on any atom is -0.743 e. The molecule has 0 saturated heterocycles. The first-order valence-electron chi connectivity index (χ1n) is 7.47. The Labute approximate surface area is 212 Å². The van der Waals surface area contributed by atoms with E-state index in [1.807, 2.05) is 0 Å². The largest absolute Gasteiger partial charge is 1.00 e. The van der Waals surface area contributed by atoms with E-state index in [9.17, 15) is 78.8 Å². The molecule has 0 aliphatic heterocycles. The van der Waals surface area contributed by atoms with Crippen LogP contribution in [0.3, 0.4) is 0 Å².